The van der Waals surface area contributed by atoms with Crippen molar-refractivity contribution in [2.45, 2.75) is 18.9 Å². The van der Waals surface area contributed by atoms with Crippen LogP contribution in [0, 0.1) is 0 Å². The van der Waals surface area contributed by atoms with Gasteiger partial charge in [0.2, 0.25) is 0 Å². The number of esters is 1. The second-order valence-corrected chi connectivity index (χ2v) is 5.87. The minimum absolute atomic E-state index is 0.0255. The van der Waals surface area contributed by atoms with Crippen LogP contribution in [0.4, 0.5) is 18.9 Å². The van der Waals surface area contributed by atoms with Crippen LogP contribution in [0.2, 0.25) is 0 Å². The Morgan fingerprint density at radius 3 is 2.33 bits per heavy atom. The maximum atomic E-state index is 12.8. The zero-order valence-corrected chi connectivity index (χ0v) is 12.2. The Morgan fingerprint density at radius 1 is 1.29 bits per heavy atom. The molecule has 0 radical (unpaired) electrons. The summed E-state index contributed by atoms with van der Waals surface area (Å²) in [6, 6.07) is 5.67. The maximum Gasteiger partial charge on any atom is 0.516 e. The fraction of sp³-hybridized carbons (Fsp3) is 0.417. The van der Waals surface area contributed by atoms with Gasteiger partial charge in [0, 0.05) is 0 Å². The summed E-state index contributed by atoms with van der Waals surface area (Å²) in [7, 11) is -4.73. The van der Waals surface area contributed by atoms with E-state index >= 15 is 0 Å². The highest BCUT2D eigenvalue weighted by atomic mass is 32.2. The molecule has 0 aliphatic rings. The van der Waals surface area contributed by atoms with Crippen molar-refractivity contribution < 1.29 is 31.1 Å². The number of aryl methyl sites for hydroxylation is 1. The van der Waals surface area contributed by atoms with Crippen molar-refractivity contribution in [2.75, 3.05) is 18.0 Å². The van der Waals surface area contributed by atoms with Gasteiger partial charge in [0.05, 0.1) is 12.8 Å². The largest absolute Gasteiger partial charge is 0.516 e. The maximum absolute atomic E-state index is 12.8. The number of alkyl halides is 3. The van der Waals surface area contributed by atoms with Gasteiger partial charge in [-0.3, -0.25) is 9.10 Å². The molecule has 0 N–H and O–H groups in total. The summed E-state index contributed by atoms with van der Waals surface area (Å²) in [6.45, 7) is 0.616. The molecular weight excluding hydrogens is 311 g/mol. The molecule has 0 saturated heterocycles. The Balaban J connectivity index is 3.43. The van der Waals surface area contributed by atoms with Crippen LogP contribution in [0.5, 0.6) is 0 Å². The Kier molecular flexibility index (Phi) is 5.21. The summed E-state index contributed by atoms with van der Waals surface area (Å²) in [5, 5.41) is 0. The molecule has 0 aliphatic carbocycles. The van der Waals surface area contributed by atoms with Crippen molar-refractivity contribution in [2.24, 2.45) is 0 Å². The van der Waals surface area contributed by atoms with Gasteiger partial charge in [0.15, 0.2) is 0 Å². The van der Waals surface area contributed by atoms with Crippen molar-refractivity contribution >= 4 is 21.7 Å². The van der Waals surface area contributed by atoms with E-state index in [4.69, 9.17) is 0 Å². The second kappa shape index (κ2) is 6.33. The molecule has 21 heavy (non-hydrogen) atoms. The number of carbonyl (C=O) groups excluding carboxylic acids is 1. The third kappa shape index (κ3) is 3.66. The van der Waals surface area contributed by atoms with E-state index in [1.54, 1.807) is 13.0 Å². The lowest BCUT2D eigenvalue weighted by Crippen LogP contribution is -2.44. The molecule has 0 spiro atoms. The summed E-state index contributed by atoms with van der Waals surface area (Å²) < 4.78 is 66.0. The van der Waals surface area contributed by atoms with Crippen LogP contribution in [0.3, 0.4) is 0 Å². The Bertz CT molecular complexity index is 613. The number of ether oxygens (including phenoxy) is 1. The third-order valence-electron chi connectivity index (χ3n) is 2.72. The summed E-state index contributed by atoms with van der Waals surface area (Å²) in [5.74, 6) is -1.09. The van der Waals surface area contributed by atoms with Crippen molar-refractivity contribution in [3.05, 3.63) is 29.8 Å². The summed E-state index contributed by atoms with van der Waals surface area (Å²) in [6.07, 6.45) is 0.307. The smallest absolute Gasteiger partial charge is 0.468 e. The van der Waals surface area contributed by atoms with Gasteiger partial charge in [-0.2, -0.15) is 21.6 Å². The number of benzene rings is 1. The van der Waals surface area contributed by atoms with Gasteiger partial charge in [0.1, 0.15) is 6.54 Å². The number of anilines is 1. The average molecular weight is 325 g/mol. The third-order valence-corrected chi connectivity index (χ3v) is 4.22. The van der Waals surface area contributed by atoms with E-state index in [1.807, 2.05) is 0 Å². The van der Waals surface area contributed by atoms with Crippen LogP contribution in [-0.2, 0) is 26.0 Å². The van der Waals surface area contributed by atoms with Gasteiger partial charge in [0.25, 0.3) is 0 Å². The van der Waals surface area contributed by atoms with Crippen LogP contribution in [0.15, 0.2) is 24.3 Å². The molecule has 0 unspecified atom stereocenters. The lowest BCUT2D eigenvalue weighted by atomic mass is 10.1. The quantitative estimate of drug-likeness (QED) is 0.778. The highest BCUT2D eigenvalue weighted by Gasteiger charge is 2.51. The molecule has 0 bridgehead atoms. The molecule has 1 aromatic rings. The van der Waals surface area contributed by atoms with E-state index in [2.05, 4.69) is 4.74 Å². The molecule has 5 nitrogen and oxygen atoms in total. The molecule has 0 atom stereocenters. The van der Waals surface area contributed by atoms with Gasteiger partial charge >= 0.3 is 21.5 Å². The first-order valence-electron chi connectivity index (χ1n) is 5.88. The van der Waals surface area contributed by atoms with Crippen LogP contribution in [0.25, 0.3) is 0 Å². The summed E-state index contributed by atoms with van der Waals surface area (Å²) in [5.41, 5.74) is -5.33. The number of rotatable bonds is 5. The van der Waals surface area contributed by atoms with E-state index in [9.17, 15) is 26.4 Å². The number of sulfonamides is 1. The molecule has 1 aromatic carbocycles. The SMILES string of the molecule is CCc1ccccc1N(CC(=O)OC)S(=O)(=O)C(F)(F)F. The van der Waals surface area contributed by atoms with E-state index in [1.165, 1.54) is 18.2 Å². The Morgan fingerprint density at radius 2 is 1.86 bits per heavy atom. The standard InChI is InChI=1S/C12H14F3NO4S/c1-3-9-6-4-5-7-10(9)16(8-11(17)20-2)21(18,19)12(13,14)15/h4-7H,3,8H2,1-2H3. The van der Waals surface area contributed by atoms with E-state index in [0.29, 0.717) is 12.0 Å². The number of para-hydroxylation sites is 1. The van der Waals surface area contributed by atoms with Crippen molar-refractivity contribution in [1.29, 1.82) is 0 Å². The first kappa shape index (κ1) is 17.3. The van der Waals surface area contributed by atoms with Crippen LogP contribution >= 0.6 is 0 Å². The molecule has 9 heteroatoms. The van der Waals surface area contributed by atoms with Crippen molar-refractivity contribution in [3.8, 4) is 0 Å². The molecule has 0 aromatic heterocycles. The van der Waals surface area contributed by atoms with Crippen LogP contribution < -0.4 is 4.31 Å². The van der Waals surface area contributed by atoms with Crippen LogP contribution in [0.1, 0.15) is 12.5 Å². The highest BCUT2D eigenvalue weighted by molar-refractivity contribution is 7.93. The van der Waals surface area contributed by atoms with E-state index in [0.717, 1.165) is 7.11 Å². The van der Waals surface area contributed by atoms with E-state index < -0.39 is 28.0 Å². The lowest BCUT2D eigenvalue weighted by molar-refractivity contribution is -0.138. The van der Waals surface area contributed by atoms with Gasteiger partial charge in [-0.05, 0) is 18.1 Å². The van der Waals surface area contributed by atoms with Gasteiger partial charge in [-0.15, -0.1) is 0 Å². The second-order valence-electron chi connectivity index (χ2n) is 4.02. The van der Waals surface area contributed by atoms with Gasteiger partial charge < -0.3 is 4.74 Å². The normalized spacial score (nSPS) is 12.0. The first-order chi connectivity index (χ1) is 9.65. The minimum atomic E-state index is -5.70. The zero-order valence-electron chi connectivity index (χ0n) is 11.3. The van der Waals surface area contributed by atoms with Crippen molar-refractivity contribution in [1.82, 2.24) is 0 Å². The average Bonchev–Trinajstić information content (AvgIpc) is 2.43. The summed E-state index contributed by atoms with van der Waals surface area (Å²) in [4.78, 5) is 11.3. The molecule has 0 saturated carbocycles. The number of halogens is 3. The minimum Gasteiger partial charge on any atom is -0.468 e. The Hall–Kier alpha value is -1.77. The fourth-order valence-electron chi connectivity index (χ4n) is 1.66. The number of carbonyl (C=O) groups is 1. The predicted octanol–water partition coefficient (Wildman–Crippen LogP) is 2.08. The molecule has 0 amide bonds. The number of nitrogens with zero attached hydrogens (tertiary/aromatic N) is 1. The zero-order chi connectivity index (χ0) is 16.3. The Labute approximate surface area is 120 Å². The molecule has 0 heterocycles. The van der Waals surface area contributed by atoms with Gasteiger partial charge in [-0.25, -0.2) is 0 Å². The van der Waals surface area contributed by atoms with Gasteiger partial charge in [-0.1, -0.05) is 25.1 Å². The fourth-order valence-corrected chi connectivity index (χ4v) is 2.62. The van der Waals surface area contributed by atoms with Crippen molar-refractivity contribution in [3.63, 3.8) is 0 Å². The topological polar surface area (TPSA) is 63.7 Å². The van der Waals surface area contributed by atoms with Crippen LogP contribution in [-0.4, -0.2) is 33.5 Å². The van der Waals surface area contributed by atoms with E-state index in [-0.39, 0.29) is 9.99 Å². The number of methoxy groups -OCH3 is 1. The summed E-state index contributed by atoms with van der Waals surface area (Å²) >= 11 is 0. The number of hydrogen-bond donors (Lipinski definition) is 0. The first-order valence-corrected chi connectivity index (χ1v) is 7.32. The number of hydrogen-bond acceptors (Lipinski definition) is 4. The highest BCUT2D eigenvalue weighted by Crippen LogP contribution is 2.32. The monoisotopic (exact) mass is 325 g/mol. The molecule has 0 aliphatic heterocycles. The molecule has 1 rings (SSSR count). The molecule has 118 valence electrons. The molecular formula is C12H14F3NO4S. The predicted molar refractivity (Wildman–Crippen MR) is 70.2 cm³/mol. The lowest BCUT2D eigenvalue weighted by Gasteiger charge is -2.26. The molecule has 0 fully saturated rings.